The van der Waals surface area contributed by atoms with E-state index < -0.39 is 10.8 Å². The molecule has 2 N–H and O–H groups in total. The number of nitro groups is 1. The first-order valence-corrected chi connectivity index (χ1v) is 8.23. The Kier molecular flexibility index (Phi) is 5.04. The summed E-state index contributed by atoms with van der Waals surface area (Å²) >= 11 is 1.18. The molecule has 3 aromatic rings. The Balaban J connectivity index is 1.58. The Labute approximate surface area is 150 Å². The van der Waals surface area contributed by atoms with E-state index in [2.05, 4.69) is 15.6 Å². The van der Waals surface area contributed by atoms with Crippen molar-refractivity contribution in [2.45, 2.75) is 6.42 Å². The van der Waals surface area contributed by atoms with Gasteiger partial charge in [-0.05, 0) is 18.2 Å². The predicted molar refractivity (Wildman–Crippen MR) is 94.2 cm³/mol. The normalized spacial score (nSPS) is 10.3. The number of furan rings is 1. The number of hydrogen-bond donors (Lipinski definition) is 2. The Hall–Kier alpha value is -3.53. The minimum atomic E-state index is -0.538. The highest BCUT2D eigenvalue weighted by Crippen LogP contribution is 2.19. The highest BCUT2D eigenvalue weighted by Gasteiger charge is 2.13. The van der Waals surface area contributed by atoms with E-state index >= 15 is 0 Å². The minimum absolute atomic E-state index is 0.0319. The Morgan fingerprint density at radius 1 is 1.23 bits per heavy atom. The standard InChI is InChI=1S/C16H12N4O5S/c21-14(17-10-3-1-4-12(7-10)20(23)24)8-11-9-26-16(18-11)19-15(22)13-5-2-6-25-13/h1-7,9H,8H2,(H,17,21)(H,18,19,22). The maximum atomic E-state index is 12.1. The van der Waals surface area contributed by atoms with Gasteiger partial charge in [-0.15, -0.1) is 11.3 Å². The van der Waals surface area contributed by atoms with Gasteiger partial charge in [-0.2, -0.15) is 0 Å². The highest BCUT2D eigenvalue weighted by molar-refractivity contribution is 7.14. The highest BCUT2D eigenvalue weighted by atomic mass is 32.1. The molecular formula is C16H12N4O5S. The number of nitrogens with zero attached hydrogens (tertiary/aromatic N) is 2. The lowest BCUT2D eigenvalue weighted by atomic mass is 10.2. The number of carbonyl (C=O) groups excluding carboxylic acids is 2. The van der Waals surface area contributed by atoms with Gasteiger partial charge in [0.15, 0.2) is 10.9 Å². The third-order valence-electron chi connectivity index (χ3n) is 3.20. The monoisotopic (exact) mass is 372 g/mol. The van der Waals surface area contributed by atoms with Crippen molar-refractivity contribution in [1.29, 1.82) is 0 Å². The fourth-order valence-electron chi connectivity index (χ4n) is 2.08. The Morgan fingerprint density at radius 3 is 2.81 bits per heavy atom. The van der Waals surface area contributed by atoms with E-state index in [4.69, 9.17) is 4.42 Å². The van der Waals surface area contributed by atoms with Crippen molar-refractivity contribution in [3.8, 4) is 0 Å². The zero-order chi connectivity index (χ0) is 18.5. The smallest absolute Gasteiger partial charge is 0.293 e. The van der Waals surface area contributed by atoms with Crippen LogP contribution in [0.2, 0.25) is 0 Å². The first-order chi connectivity index (χ1) is 12.5. The lowest BCUT2D eigenvalue weighted by Gasteiger charge is -2.03. The molecule has 0 radical (unpaired) electrons. The van der Waals surface area contributed by atoms with E-state index in [1.165, 1.54) is 41.9 Å². The van der Waals surface area contributed by atoms with Crippen LogP contribution in [0.5, 0.6) is 0 Å². The Morgan fingerprint density at radius 2 is 2.08 bits per heavy atom. The van der Waals surface area contributed by atoms with Crippen LogP contribution >= 0.6 is 11.3 Å². The molecule has 9 nitrogen and oxygen atoms in total. The summed E-state index contributed by atoms with van der Waals surface area (Å²) in [5.41, 5.74) is 0.679. The number of benzene rings is 1. The molecule has 0 spiro atoms. The first-order valence-electron chi connectivity index (χ1n) is 7.35. The number of rotatable bonds is 6. The molecule has 0 saturated carbocycles. The van der Waals surface area contributed by atoms with Gasteiger partial charge in [0.2, 0.25) is 5.91 Å². The van der Waals surface area contributed by atoms with Crippen LogP contribution in [0.1, 0.15) is 16.2 Å². The molecule has 0 unspecified atom stereocenters. The van der Waals surface area contributed by atoms with Crippen LogP contribution in [0.25, 0.3) is 0 Å². The third-order valence-corrected chi connectivity index (χ3v) is 4.01. The number of carbonyl (C=O) groups is 2. The summed E-state index contributed by atoms with van der Waals surface area (Å²) < 4.78 is 4.98. The number of aromatic nitrogens is 1. The van der Waals surface area contributed by atoms with Gasteiger partial charge in [0.25, 0.3) is 11.6 Å². The van der Waals surface area contributed by atoms with E-state index in [-0.39, 0.29) is 23.8 Å². The van der Waals surface area contributed by atoms with Gasteiger partial charge in [-0.1, -0.05) is 6.07 Å². The van der Waals surface area contributed by atoms with Gasteiger partial charge in [0, 0.05) is 23.2 Å². The molecule has 0 aliphatic heterocycles. The van der Waals surface area contributed by atoms with Gasteiger partial charge in [-0.25, -0.2) is 4.98 Å². The fourth-order valence-corrected chi connectivity index (χ4v) is 2.78. The van der Waals surface area contributed by atoms with Crippen LogP contribution in [0.4, 0.5) is 16.5 Å². The number of nitrogens with one attached hydrogen (secondary N) is 2. The van der Waals surface area contributed by atoms with Crippen LogP contribution in [-0.4, -0.2) is 21.7 Å². The maximum Gasteiger partial charge on any atom is 0.293 e. The van der Waals surface area contributed by atoms with Gasteiger partial charge in [0.1, 0.15) is 0 Å². The summed E-state index contributed by atoms with van der Waals surface area (Å²) in [6, 6.07) is 8.77. The van der Waals surface area contributed by atoms with Crippen molar-refractivity contribution in [1.82, 2.24) is 4.98 Å². The van der Waals surface area contributed by atoms with E-state index in [1.807, 2.05) is 0 Å². The van der Waals surface area contributed by atoms with Gasteiger partial charge in [-0.3, -0.25) is 25.0 Å². The first kappa shape index (κ1) is 17.3. The number of anilines is 2. The van der Waals surface area contributed by atoms with E-state index in [9.17, 15) is 19.7 Å². The molecule has 3 rings (SSSR count). The van der Waals surface area contributed by atoms with Crippen LogP contribution in [0.15, 0.2) is 52.5 Å². The van der Waals surface area contributed by atoms with Crippen molar-refractivity contribution in [3.05, 3.63) is 69.6 Å². The molecule has 0 saturated heterocycles. The zero-order valence-electron chi connectivity index (χ0n) is 13.2. The van der Waals surface area contributed by atoms with E-state index in [0.29, 0.717) is 16.5 Å². The van der Waals surface area contributed by atoms with Gasteiger partial charge >= 0.3 is 0 Å². The van der Waals surface area contributed by atoms with Crippen molar-refractivity contribution < 1.29 is 18.9 Å². The third kappa shape index (κ3) is 4.30. The zero-order valence-corrected chi connectivity index (χ0v) is 14.0. The molecule has 2 amide bonds. The maximum absolute atomic E-state index is 12.1. The lowest BCUT2D eigenvalue weighted by Crippen LogP contribution is -2.15. The molecule has 0 aliphatic carbocycles. The topological polar surface area (TPSA) is 127 Å². The average Bonchev–Trinajstić information content (AvgIpc) is 3.27. The van der Waals surface area contributed by atoms with Crippen molar-refractivity contribution in [2.75, 3.05) is 10.6 Å². The second kappa shape index (κ2) is 7.57. The SMILES string of the molecule is O=C(Cc1csc(NC(=O)c2ccco2)n1)Nc1cccc([N+](=O)[O-])c1. The molecule has 1 aromatic carbocycles. The quantitative estimate of drug-likeness (QED) is 0.505. The predicted octanol–water partition coefficient (Wildman–Crippen LogP) is 3.08. The second-order valence-electron chi connectivity index (χ2n) is 5.11. The summed E-state index contributed by atoms with van der Waals surface area (Å²) in [6.45, 7) is 0. The van der Waals surface area contributed by atoms with Crippen molar-refractivity contribution in [3.63, 3.8) is 0 Å². The van der Waals surface area contributed by atoms with Gasteiger partial charge in [0.05, 0.1) is 23.3 Å². The molecule has 10 heteroatoms. The molecule has 132 valence electrons. The number of non-ortho nitro benzene ring substituents is 1. The average molecular weight is 372 g/mol. The summed E-state index contributed by atoms with van der Waals surface area (Å²) in [5, 5.41) is 17.9. The van der Waals surface area contributed by atoms with Crippen LogP contribution < -0.4 is 10.6 Å². The minimum Gasteiger partial charge on any atom is -0.459 e. The number of nitro benzene ring substituents is 1. The number of thiazole rings is 1. The van der Waals surface area contributed by atoms with Crippen LogP contribution in [-0.2, 0) is 11.2 Å². The second-order valence-corrected chi connectivity index (χ2v) is 5.97. The molecular weight excluding hydrogens is 360 g/mol. The largest absolute Gasteiger partial charge is 0.459 e. The Bertz CT molecular complexity index is 951. The van der Waals surface area contributed by atoms with Crippen molar-refractivity contribution in [2.24, 2.45) is 0 Å². The van der Waals surface area contributed by atoms with Crippen LogP contribution in [0.3, 0.4) is 0 Å². The molecule has 0 fully saturated rings. The van der Waals surface area contributed by atoms with Crippen LogP contribution in [0, 0.1) is 10.1 Å². The summed E-state index contributed by atoms with van der Waals surface area (Å²) in [6.07, 6.45) is 1.36. The molecule has 0 bridgehead atoms. The molecule has 0 atom stereocenters. The van der Waals surface area contributed by atoms with Crippen molar-refractivity contribution >= 4 is 39.7 Å². The summed E-state index contributed by atoms with van der Waals surface area (Å²) in [7, 11) is 0. The summed E-state index contributed by atoms with van der Waals surface area (Å²) in [5.74, 6) is -0.651. The molecule has 2 heterocycles. The molecule has 26 heavy (non-hydrogen) atoms. The van der Waals surface area contributed by atoms with E-state index in [1.54, 1.807) is 17.5 Å². The number of hydrogen-bond acceptors (Lipinski definition) is 7. The fraction of sp³-hybridized carbons (Fsp3) is 0.0625. The molecule has 0 aliphatic rings. The van der Waals surface area contributed by atoms with Gasteiger partial charge < -0.3 is 9.73 Å². The van der Waals surface area contributed by atoms with E-state index in [0.717, 1.165) is 0 Å². The summed E-state index contributed by atoms with van der Waals surface area (Å²) in [4.78, 5) is 38.3. The lowest BCUT2D eigenvalue weighted by molar-refractivity contribution is -0.384. The number of amides is 2. The molecule has 2 aromatic heterocycles.